The van der Waals surface area contributed by atoms with Gasteiger partial charge < -0.3 is 0 Å². The van der Waals surface area contributed by atoms with E-state index in [2.05, 4.69) is 0 Å². The van der Waals surface area contributed by atoms with E-state index in [4.69, 9.17) is 4.55 Å². The molecule has 0 spiro atoms. The third-order valence-corrected chi connectivity index (χ3v) is 1.90. The van der Waals surface area contributed by atoms with Crippen LogP contribution in [0, 0.1) is 0 Å². The summed E-state index contributed by atoms with van der Waals surface area (Å²) in [6.45, 7) is 0. The highest BCUT2D eigenvalue weighted by Crippen LogP contribution is 1.99. The summed E-state index contributed by atoms with van der Waals surface area (Å²) in [4.78, 5) is 0. The van der Waals surface area contributed by atoms with Crippen LogP contribution in [0.2, 0.25) is 0 Å². The van der Waals surface area contributed by atoms with E-state index in [0.717, 1.165) is 11.5 Å². The van der Waals surface area contributed by atoms with Gasteiger partial charge in [-0.15, -0.1) is 0 Å². The lowest BCUT2D eigenvalue weighted by Gasteiger charge is -1.78. The quantitative estimate of drug-likeness (QED) is 0.352. The van der Waals surface area contributed by atoms with Crippen molar-refractivity contribution in [3.63, 3.8) is 0 Å². The molecule has 2 heteroatoms. The van der Waals surface area contributed by atoms with Gasteiger partial charge in [0.1, 0.15) is 0 Å². The highest BCUT2D eigenvalue weighted by atomic mass is 32.2. The van der Waals surface area contributed by atoms with Crippen LogP contribution in [0.4, 0.5) is 0 Å². The van der Waals surface area contributed by atoms with Crippen molar-refractivity contribution in [2.24, 2.45) is 0 Å². The molecule has 1 aliphatic rings. The van der Waals surface area contributed by atoms with Crippen LogP contribution >= 0.6 is 0 Å². The van der Waals surface area contributed by atoms with Crippen molar-refractivity contribution in [3.8, 4) is 0 Å². The van der Waals surface area contributed by atoms with Gasteiger partial charge in [0.25, 0.3) is 0 Å². The summed E-state index contributed by atoms with van der Waals surface area (Å²) in [6, 6.07) is 0. The largest absolute Gasteiger partial charge is 0.187 e. The van der Waals surface area contributed by atoms with E-state index in [-0.39, 0.29) is 11.2 Å². The first-order valence-electron chi connectivity index (χ1n) is 1.91. The van der Waals surface area contributed by atoms with E-state index in [1.54, 1.807) is 0 Å². The zero-order valence-electron chi connectivity index (χ0n) is 3.42. The predicted octanol–water partition coefficient (Wildman–Crippen LogP) is 0.647. The Labute approximate surface area is 40.2 Å². The third-order valence-electron chi connectivity index (χ3n) is 0.744. The molecular weight excluding hydrogens is 96.1 g/mol. The average Bonchev–Trinajstić information content (AvgIpc) is 1.86. The molecule has 1 heterocycles. The Morgan fingerprint density at radius 2 is 1.83 bits per heavy atom. The average molecular weight is 103 g/mol. The van der Waals surface area contributed by atoms with E-state index in [0.29, 0.717) is 0 Å². The summed E-state index contributed by atoms with van der Waals surface area (Å²) < 4.78 is 8.69. The predicted molar refractivity (Wildman–Crippen MR) is 28.9 cm³/mol. The van der Waals surface area contributed by atoms with Crippen LogP contribution in [0.25, 0.3) is 0 Å². The molecule has 1 aliphatic heterocycles. The highest BCUT2D eigenvalue weighted by molar-refractivity contribution is 7.92. The van der Waals surface area contributed by atoms with E-state index < -0.39 is 0 Å². The van der Waals surface area contributed by atoms with Crippen LogP contribution in [-0.4, -0.2) is 16.1 Å². The molecule has 0 aromatic rings. The first-order valence-corrected chi connectivity index (χ1v) is 3.43. The Kier molecular flexibility index (Phi) is 1.17. The second kappa shape index (κ2) is 1.67. The minimum absolute atomic E-state index is 0.284. The lowest BCUT2D eigenvalue weighted by molar-refractivity contribution is 0.646. The van der Waals surface area contributed by atoms with Crippen molar-refractivity contribution in [3.05, 3.63) is 12.2 Å². The maximum absolute atomic E-state index is 8.69. The standard InChI is InChI=1S/C4H7OS/c5-6-3-1-2-4-6/h1-2,5H,3-4H2/q+1. The zero-order chi connectivity index (χ0) is 4.41. The first kappa shape index (κ1) is 4.22. The van der Waals surface area contributed by atoms with Crippen molar-refractivity contribution in [2.45, 2.75) is 0 Å². The Hall–Kier alpha value is 0.0500. The van der Waals surface area contributed by atoms with Gasteiger partial charge in [-0.3, -0.25) is 0 Å². The van der Waals surface area contributed by atoms with Crippen LogP contribution in [0.5, 0.6) is 0 Å². The second-order valence-electron chi connectivity index (χ2n) is 1.27. The maximum Gasteiger partial charge on any atom is 0.159 e. The Bertz CT molecular complexity index is 61.9. The fourth-order valence-corrected chi connectivity index (χ4v) is 1.28. The van der Waals surface area contributed by atoms with Gasteiger partial charge >= 0.3 is 0 Å². The zero-order valence-corrected chi connectivity index (χ0v) is 4.24. The Morgan fingerprint density at radius 1 is 1.33 bits per heavy atom. The third kappa shape index (κ3) is 0.758. The molecule has 6 heavy (non-hydrogen) atoms. The van der Waals surface area contributed by atoms with Gasteiger partial charge in [-0.25, -0.2) is 0 Å². The van der Waals surface area contributed by atoms with Gasteiger partial charge in [0, 0.05) is 0 Å². The van der Waals surface area contributed by atoms with Crippen molar-refractivity contribution < 1.29 is 4.55 Å². The molecule has 0 saturated carbocycles. The van der Waals surface area contributed by atoms with Crippen molar-refractivity contribution >= 4 is 11.2 Å². The molecule has 1 rings (SSSR count). The van der Waals surface area contributed by atoms with E-state index in [1.807, 2.05) is 12.2 Å². The Morgan fingerprint density at radius 3 is 2.00 bits per heavy atom. The smallest absolute Gasteiger partial charge is 0.159 e. The summed E-state index contributed by atoms with van der Waals surface area (Å²) in [5.74, 6) is 1.78. The topological polar surface area (TPSA) is 20.2 Å². The summed E-state index contributed by atoms with van der Waals surface area (Å²) in [5.41, 5.74) is 0. The molecule has 34 valence electrons. The second-order valence-corrected chi connectivity index (χ2v) is 2.86. The van der Waals surface area contributed by atoms with Gasteiger partial charge in [-0.2, -0.15) is 4.55 Å². The summed E-state index contributed by atoms with van der Waals surface area (Å²) in [5, 5.41) is 0. The van der Waals surface area contributed by atoms with E-state index in [9.17, 15) is 0 Å². The maximum atomic E-state index is 8.69. The fraction of sp³-hybridized carbons (Fsp3) is 0.500. The molecule has 0 fully saturated rings. The van der Waals surface area contributed by atoms with Gasteiger partial charge in [0.2, 0.25) is 0 Å². The summed E-state index contributed by atoms with van der Waals surface area (Å²) in [7, 11) is 0. The molecular formula is C4H7OS+. The molecule has 0 unspecified atom stereocenters. The molecule has 0 aromatic heterocycles. The lowest BCUT2D eigenvalue weighted by atomic mass is 10.6. The molecule has 0 radical (unpaired) electrons. The van der Waals surface area contributed by atoms with Crippen LogP contribution in [0.3, 0.4) is 0 Å². The molecule has 0 amide bonds. The van der Waals surface area contributed by atoms with Crippen LogP contribution < -0.4 is 0 Å². The first-order chi connectivity index (χ1) is 2.89. The number of hydrogen-bond acceptors (Lipinski definition) is 1. The monoisotopic (exact) mass is 103 g/mol. The molecule has 1 nitrogen and oxygen atoms in total. The van der Waals surface area contributed by atoms with Crippen LogP contribution in [0.1, 0.15) is 0 Å². The number of rotatable bonds is 0. The van der Waals surface area contributed by atoms with E-state index >= 15 is 0 Å². The molecule has 0 saturated heterocycles. The van der Waals surface area contributed by atoms with Gasteiger partial charge in [-0.05, 0) is 12.2 Å². The lowest BCUT2D eigenvalue weighted by Crippen LogP contribution is -1.99. The van der Waals surface area contributed by atoms with Crippen LogP contribution in [0.15, 0.2) is 12.2 Å². The van der Waals surface area contributed by atoms with Gasteiger partial charge in [0.15, 0.2) is 22.7 Å². The fourth-order valence-electron chi connectivity index (χ4n) is 0.426. The van der Waals surface area contributed by atoms with Crippen molar-refractivity contribution in [1.82, 2.24) is 0 Å². The van der Waals surface area contributed by atoms with Crippen molar-refractivity contribution in [1.29, 1.82) is 0 Å². The van der Waals surface area contributed by atoms with Crippen molar-refractivity contribution in [2.75, 3.05) is 11.5 Å². The molecule has 0 atom stereocenters. The van der Waals surface area contributed by atoms with Crippen LogP contribution in [-0.2, 0) is 11.2 Å². The normalized spacial score (nSPS) is 22.8. The number of hydrogen-bond donors (Lipinski definition) is 1. The molecule has 1 N–H and O–H groups in total. The molecule has 0 aromatic carbocycles. The van der Waals surface area contributed by atoms with Gasteiger partial charge in [-0.1, -0.05) is 0 Å². The molecule has 0 bridgehead atoms. The SMILES string of the molecule is O[S+]1CC=CC1. The highest BCUT2D eigenvalue weighted by Gasteiger charge is 2.14. The van der Waals surface area contributed by atoms with Gasteiger partial charge in [0.05, 0.1) is 0 Å². The minimum Gasteiger partial charge on any atom is -0.187 e. The Balaban J connectivity index is 2.32. The molecule has 0 aliphatic carbocycles. The minimum atomic E-state index is -0.284. The summed E-state index contributed by atoms with van der Waals surface area (Å²) >= 11 is -0.284. The summed E-state index contributed by atoms with van der Waals surface area (Å²) in [6.07, 6.45) is 4.03. The van der Waals surface area contributed by atoms with E-state index in [1.165, 1.54) is 0 Å².